The normalized spacial score (nSPS) is 12.3. The predicted molar refractivity (Wildman–Crippen MR) is 186 cm³/mol. The van der Waals surface area contributed by atoms with Crippen LogP contribution in [0.15, 0.2) is 133 Å². The molecule has 0 atom stereocenters. The van der Waals surface area contributed by atoms with Crippen molar-refractivity contribution >= 4 is 76.7 Å². The van der Waals surface area contributed by atoms with Gasteiger partial charge in [-0.25, -0.2) is 4.79 Å². The smallest absolute Gasteiger partial charge is 0.346 e. The first-order valence-electron chi connectivity index (χ1n) is 14.9. The highest BCUT2D eigenvalue weighted by Crippen LogP contribution is 2.43. The molecule has 0 aliphatic heterocycles. The minimum absolute atomic E-state index is 0.302. The molecule has 0 aliphatic carbocycles. The SMILES string of the molecule is N#C/C(=C\c1cc(-c2ccc3ccc4cccc5ccc2c3c45)cc(-c2ccc3ccc4cccc5ccc2c3c45)c1)C(=O)O. The minimum atomic E-state index is -1.24. The van der Waals surface area contributed by atoms with Gasteiger partial charge in [-0.2, -0.15) is 5.26 Å². The Kier molecular flexibility index (Phi) is 5.27. The lowest BCUT2D eigenvalue weighted by Gasteiger charge is -2.17. The summed E-state index contributed by atoms with van der Waals surface area (Å²) in [5.41, 5.74) is 4.41. The number of aliphatic carboxylic acids is 1. The lowest BCUT2D eigenvalue weighted by atomic mass is 9.86. The summed E-state index contributed by atoms with van der Waals surface area (Å²) in [5.74, 6) is -1.24. The Labute approximate surface area is 258 Å². The van der Waals surface area contributed by atoms with Gasteiger partial charge in [-0.3, -0.25) is 0 Å². The van der Waals surface area contributed by atoms with Gasteiger partial charge in [-0.05, 0) is 117 Å². The summed E-state index contributed by atoms with van der Waals surface area (Å²) in [7, 11) is 0. The highest BCUT2D eigenvalue weighted by molar-refractivity contribution is 6.27. The molecule has 0 aromatic heterocycles. The molecule has 1 N–H and O–H groups in total. The van der Waals surface area contributed by atoms with Crippen LogP contribution < -0.4 is 0 Å². The Morgan fingerprint density at radius 1 is 0.533 bits per heavy atom. The third kappa shape index (κ3) is 3.73. The van der Waals surface area contributed by atoms with Crippen LogP contribution in [0.3, 0.4) is 0 Å². The van der Waals surface area contributed by atoms with Gasteiger partial charge in [0.1, 0.15) is 11.6 Å². The summed E-state index contributed by atoms with van der Waals surface area (Å²) in [6.45, 7) is 0. The van der Waals surface area contributed by atoms with Gasteiger partial charge in [0.25, 0.3) is 0 Å². The van der Waals surface area contributed by atoms with E-state index in [1.807, 2.05) is 18.2 Å². The average molecular weight is 574 g/mol. The lowest BCUT2D eigenvalue weighted by Crippen LogP contribution is -1.97. The zero-order chi connectivity index (χ0) is 30.2. The first-order chi connectivity index (χ1) is 22.1. The fraction of sp³-hybridized carbons (Fsp3) is 0. The van der Waals surface area contributed by atoms with E-state index in [1.54, 1.807) is 0 Å². The number of carboxylic acid groups (broad SMARTS) is 1. The van der Waals surface area contributed by atoms with Crippen LogP contribution in [0.1, 0.15) is 5.56 Å². The molecule has 3 heteroatoms. The number of carboxylic acids is 1. The molecule has 0 heterocycles. The number of hydrogen-bond donors (Lipinski definition) is 1. The Morgan fingerprint density at radius 3 is 1.36 bits per heavy atom. The van der Waals surface area contributed by atoms with Gasteiger partial charge in [0.05, 0.1) is 0 Å². The average Bonchev–Trinajstić information content (AvgIpc) is 3.08. The van der Waals surface area contributed by atoms with E-state index in [2.05, 4.69) is 115 Å². The van der Waals surface area contributed by atoms with Crippen LogP contribution in [-0.2, 0) is 4.79 Å². The van der Waals surface area contributed by atoms with Crippen LogP contribution in [0.2, 0.25) is 0 Å². The van der Waals surface area contributed by atoms with Gasteiger partial charge in [0.2, 0.25) is 0 Å². The molecule has 0 fully saturated rings. The minimum Gasteiger partial charge on any atom is -0.477 e. The number of hydrogen-bond acceptors (Lipinski definition) is 2. The molecule has 0 unspecified atom stereocenters. The fourth-order valence-electron chi connectivity index (χ4n) is 7.33. The summed E-state index contributed by atoms with van der Waals surface area (Å²) in [4.78, 5) is 11.9. The topological polar surface area (TPSA) is 61.1 Å². The molecule has 0 radical (unpaired) electrons. The number of rotatable bonds is 4. The molecule has 3 nitrogen and oxygen atoms in total. The van der Waals surface area contributed by atoms with Crippen LogP contribution in [-0.4, -0.2) is 11.1 Å². The van der Waals surface area contributed by atoms with Crippen LogP contribution in [0.5, 0.6) is 0 Å². The quantitative estimate of drug-likeness (QED) is 0.129. The van der Waals surface area contributed by atoms with Crippen LogP contribution in [0.4, 0.5) is 0 Å². The molecule has 0 bridgehead atoms. The van der Waals surface area contributed by atoms with Gasteiger partial charge in [-0.1, -0.05) is 109 Å². The van der Waals surface area contributed by atoms with E-state index in [9.17, 15) is 15.2 Å². The van der Waals surface area contributed by atoms with Crippen LogP contribution in [0.25, 0.3) is 93.0 Å². The van der Waals surface area contributed by atoms with Gasteiger partial charge >= 0.3 is 5.97 Å². The largest absolute Gasteiger partial charge is 0.477 e. The van der Waals surface area contributed by atoms with Crippen molar-refractivity contribution in [3.63, 3.8) is 0 Å². The van der Waals surface area contributed by atoms with Crippen molar-refractivity contribution in [2.45, 2.75) is 0 Å². The maximum Gasteiger partial charge on any atom is 0.346 e. The molecule has 0 saturated carbocycles. The molecular weight excluding hydrogens is 550 g/mol. The second-order valence-electron chi connectivity index (χ2n) is 11.8. The van der Waals surface area contributed by atoms with E-state index in [0.717, 1.165) is 33.0 Å². The zero-order valence-electron chi connectivity index (χ0n) is 24.0. The van der Waals surface area contributed by atoms with Crippen molar-refractivity contribution in [1.29, 1.82) is 5.26 Å². The molecule has 9 rings (SSSR count). The van der Waals surface area contributed by atoms with Crippen molar-refractivity contribution in [2.24, 2.45) is 0 Å². The number of nitrogens with zero attached hydrogens (tertiary/aromatic N) is 1. The standard InChI is InChI=1S/C42H23NO2/c43-23-33(42(44)45)21-24-19-31(34-15-11-29-9-7-25-3-1-5-27-13-17-36(34)40(29)38(25)27)22-32(20-24)35-16-12-30-10-8-26-4-2-6-28-14-18-37(35)41(30)39(26)28/h1-22H,(H,44,45)/b33-21+. The van der Waals surface area contributed by atoms with Crippen molar-refractivity contribution in [1.82, 2.24) is 0 Å². The van der Waals surface area contributed by atoms with Gasteiger partial charge < -0.3 is 5.11 Å². The maximum atomic E-state index is 11.9. The Bertz CT molecular complexity index is 2550. The molecule has 9 aromatic carbocycles. The van der Waals surface area contributed by atoms with E-state index < -0.39 is 5.97 Å². The molecule has 208 valence electrons. The summed E-state index contributed by atoms with van der Waals surface area (Å²) >= 11 is 0. The molecule has 0 amide bonds. The van der Waals surface area contributed by atoms with E-state index in [-0.39, 0.29) is 5.57 Å². The monoisotopic (exact) mass is 573 g/mol. The lowest BCUT2D eigenvalue weighted by molar-refractivity contribution is -0.132. The fourth-order valence-corrected chi connectivity index (χ4v) is 7.33. The first-order valence-corrected chi connectivity index (χ1v) is 14.9. The molecule has 0 aliphatic rings. The maximum absolute atomic E-state index is 11.9. The van der Waals surface area contributed by atoms with Gasteiger partial charge in [0.15, 0.2) is 0 Å². The van der Waals surface area contributed by atoms with Crippen molar-refractivity contribution in [3.8, 4) is 28.3 Å². The summed E-state index contributed by atoms with van der Waals surface area (Å²) < 4.78 is 0. The molecule has 0 spiro atoms. The van der Waals surface area contributed by atoms with E-state index in [0.29, 0.717) is 5.56 Å². The Morgan fingerprint density at radius 2 is 0.933 bits per heavy atom. The predicted octanol–water partition coefficient (Wildman–Crippen LogP) is 10.8. The van der Waals surface area contributed by atoms with Gasteiger partial charge in [0, 0.05) is 0 Å². The van der Waals surface area contributed by atoms with Crippen LogP contribution >= 0.6 is 0 Å². The molecule has 45 heavy (non-hydrogen) atoms. The first kappa shape index (κ1) is 25.3. The van der Waals surface area contributed by atoms with Crippen molar-refractivity contribution in [3.05, 3.63) is 139 Å². The Hall–Kier alpha value is -6.24. The highest BCUT2D eigenvalue weighted by atomic mass is 16.4. The van der Waals surface area contributed by atoms with Crippen molar-refractivity contribution < 1.29 is 9.90 Å². The number of carbonyl (C=O) groups is 1. The van der Waals surface area contributed by atoms with Gasteiger partial charge in [-0.15, -0.1) is 0 Å². The summed E-state index contributed by atoms with van der Waals surface area (Å²) in [6.07, 6.45) is 1.47. The highest BCUT2D eigenvalue weighted by Gasteiger charge is 2.17. The van der Waals surface area contributed by atoms with Crippen molar-refractivity contribution in [2.75, 3.05) is 0 Å². The Balaban J connectivity index is 1.36. The second kappa shape index (κ2) is 9.38. The zero-order valence-corrected chi connectivity index (χ0v) is 24.0. The third-order valence-corrected chi connectivity index (χ3v) is 9.30. The van der Waals surface area contributed by atoms with E-state index >= 15 is 0 Å². The van der Waals surface area contributed by atoms with E-state index in [1.165, 1.54) is 59.9 Å². The third-order valence-electron chi connectivity index (χ3n) is 9.30. The molecular formula is C42H23NO2. The second-order valence-corrected chi connectivity index (χ2v) is 11.8. The summed E-state index contributed by atoms with van der Waals surface area (Å²) in [5, 5.41) is 33.7. The number of benzene rings is 9. The number of nitriles is 1. The van der Waals surface area contributed by atoms with E-state index in [4.69, 9.17) is 0 Å². The summed E-state index contributed by atoms with van der Waals surface area (Å²) in [6, 6.07) is 46.9. The molecule has 9 aromatic rings. The molecule has 0 saturated heterocycles. The van der Waals surface area contributed by atoms with Crippen LogP contribution in [0, 0.1) is 11.3 Å².